The molecule has 0 unspecified atom stereocenters. The first-order valence-electron chi connectivity index (χ1n) is 21.7. The van der Waals surface area contributed by atoms with Crippen LogP contribution in [0.25, 0.3) is 137 Å². The molecular weight excluding hydrogens is 781 g/mol. The Labute approximate surface area is 366 Å². The third kappa shape index (κ3) is 5.15. The van der Waals surface area contributed by atoms with Gasteiger partial charge in [0, 0.05) is 38.2 Å². The van der Waals surface area contributed by atoms with Crippen LogP contribution in [0.1, 0.15) is 0 Å². The van der Waals surface area contributed by atoms with Crippen molar-refractivity contribution in [2.24, 2.45) is 0 Å². The van der Waals surface area contributed by atoms with E-state index < -0.39 is 0 Å². The van der Waals surface area contributed by atoms with Gasteiger partial charge in [-0.25, -0.2) is 15.0 Å². The average Bonchev–Trinajstić information content (AvgIpc) is 3.89. The first-order chi connectivity index (χ1) is 31.7. The second kappa shape index (κ2) is 13.4. The minimum Gasteiger partial charge on any atom is -0.455 e. The SMILES string of the molecule is c1ccc(-c2nc(-c3cc4ccccc4c4ccccc34)nc(-c3cc4c(oc5cccc(-n6c7cc8ccccc8cc7c7cc8ccccc8cc76)c54)c4ccccc34)n2)cc1. The number of hydrogen-bond acceptors (Lipinski definition) is 4. The number of benzene rings is 11. The van der Waals surface area contributed by atoms with Crippen LogP contribution in [0.2, 0.25) is 0 Å². The molecule has 14 aromatic rings. The molecule has 0 aliphatic rings. The second-order valence-electron chi connectivity index (χ2n) is 16.7. The van der Waals surface area contributed by atoms with Gasteiger partial charge in [0.25, 0.3) is 0 Å². The van der Waals surface area contributed by atoms with Crippen molar-refractivity contribution < 1.29 is 4.42 Å². The van der Waals surface area contributed by atoms with Crippen molar-refractivity contribution >= 4 is 97.6 Å². The van der Waals surface area contributed by atoms with E-state index in [2.05, 4.69) is 193 Å². The quantitative estimate of drug-likeness (QED) is 0.166. The Balaban J connectivity index is 1.09. The zero-order valence-corrected chi connectivity index (χ0v) is 34.3. The minimum atomic E-state index is 0.598. The molecule has 3 heterocycles. The molecule has 0 bridgehead atoms. The molecule has 14 rings (SSSR count). The van der Waals surface area contributed by atoms with Gasteiger partial charge in [0.05, 0.1) is 22.1 Å². The number of furan rings is 1. The van der Waals surface area contributed by atoms with Crippen LogP contribution >= 0.6 is 0 Å². The van der Waals surface area contributed by atoms with Crippen LogP contribution in [0.4, 0.5) is 0 Å². The van der Waals surface area contributed by atoms with Gasteiger partial charge in [0.1, 0.15) is 11.2 Å². The Morgan fingerprint density at radius 3 is 1.48 bits per heavy atom. The highest BCUT2D eigenvalue weighted by Crippen LogP contribution is 2.45. The normalized spacial score (nSPS) is 12.1. The van der Waals surface area contributed by atoms with Crippen molar-refractivity contribution in [3.05, 3.63) is 206 Å². The van der Waals surface area contributed by atoms with E-state index >= 15 is 0 Å². The van der Waals surface area contributed by atoms with Gasteiger partial charge in [-0.1, -0.05) is 158 Å². The zero-order valence-electron chi connectivity index (χ0n) is 34.3. The van der Waals surface area contributed by atoms with E-state index in [1.807, 2.05) is 18.2 Å². The van der Waals surface area contributed by atoms with Crippen LogP contribution in [0, 0.1) is 0 Å². The predicted octanol–water partition coefficient (Wildman–Crippen LogP) is 15.6. The Kier molecular flexibility index (Phi) is 7.33. The molecule has 0 aliphatic heterocycles. The average molecular weight is 815 g/mol. The van der Waals surface area contributed by atoms with Crippen molar-refractivity contribution in [3.63, 3.8) is 0 Å². The van der Waals surface area contributed by atoms with Crippen molar-refractivity contribution in [2.45, 2.75) is 0 Å². The van der Waals surface area contributed by atoms with E-state index in [1.54, 1.807) is 0 Å². The molecular formula is C59H34N4O. The lowest BCUT2D eigenvalue weighted by molar-refractivity contribution is 0.672. The van der Waals surface area contributed by atoms with Crippen molar-refractivity contribution in [1.29, 1.82) is 0 Å². The third-order valence-corrected chi connectivity index (χ3v) is 13.1. The minimum absolute atomic E-state index is 0.598. The van der Waals surface area contributed by atoms with Crippen LogP contribution in [-0.4, -0.2) is 19.5 Å². The smallest absolute Gasteiger partial charge is 0.164 e. The van der Waals surface area contributed by atoms with E-state index in [0.29, 0.717) is 17.5 Å². The van der Waals surface area contributed by atoms with Crippen LogP contribution in [0.15, 0.2) is 211 Å². The molecule has 0 atom stereocenters. The highest BCUT2D eigenvalue weighted by Gasteiger charge is 2.23. The summed E-state index contributed by atoms with van der Waals surface area (Å²) in [5, 5.41) is 15.9. The molecule has 0 fully saturated rings. The Bertz CT molecular complexity index is 4170. The Hall–Kier alpha value is -8.67. The van der Waals surface area contributed by atoms with Crippen LogP contribution in [0.3, 0.4) is 0 Å². The molecule has 11 aromatic carbocycles. The molecule has 0 N–H and O–H groups in total. The fourth-order valence-corrected chi connectivity index (χ4v) is 10.2. The summed E-state index contributed by atoms with van der Waals surface area (Å²) in [4.78, 5) is 16.0. The first-order valence-corrected chi connectivity index (χ1v) is 21.7. The van der Waals surface area contributed by atoms with Gasteiger partial charge in [-0.3, -0.25) is 0 Å². The number of rotatable bonds is 4. The van der Waals surface area contributed by atoms with Crippen LogP contribution in [-0.2, 0) is 0 Å². The topological polar surface area (TPSA) is 56.7 Å². The third-order valence-electron chi connectivity index (χ3n) is 13.1. The molecule has 0 saturated heterocycles. The number of hydrogen-bond donors (Lipinski definition) is 0. The standard InChI is InChI=1S/C59H34N4O/c1-2-15-35(16-3-1)57-60-58(48-31-40-21-8-9-22-41(40)42-23-10-11-24-43(42)48)62-59(61-57)49-34-50-55-51(27-14-28-54(55)64-56(50)45-26-13-12-25-44(45)49)63-52-32-38-19-6-4-17-36(38)29-46(52)47-30-37-18-5-7-20-39(37)33-53(47)63/h1-34H. The van der Waals surface area contributed by atoms with Crippen molar-refractivity contribution in [2.75, 3.05) is 0 Å². The summed E-state index contributed by atoms with van der Waals surface area (Å²) < 4.78 is 9.41. The van der Waals surface area contributed by atoms with Gasteiger partial charge in [-0.15, -0.1) is 0 Å². The van der Waals surface area contributed by atoms with E-state index in [0.717, 1.165) is 82.3 Å². The molecule has 3 aromatic heterocycles. The van der Waals surface area contributed by atoms with Crippen molar-refractivity contribution in [1.82, 2.24) is 19.5 Å². The van der Waals surface area contributed by atoms with E-state index in [9.17, 15) is 0 Å². The molecule has 64 heavy (non-hydrogen) atoms. The van der Waals surface area contributed by atoms with Crippen molar-refractivity contribution in [3.8, 4) is 39.9 Å². The Morgan fingerprint density at radius 2 is 0.828 bits per heavy atom. The summed E-state index contributed by atoms with van der Waals surface area (Å²) in [6.07, 6.45) is 0. The first kappa shape index (κ1) is 35.0. The maximum Gasteiger partial charge on any atom is 0.164 e. The fourth-order valence-electron chi connectivity index (χ4n) is 10.2. The van der Waals surface area contributed by atoms with Gasteiger partial charge < -0.3 is 8.98 Å². The number of aromatic nitrogens is 4. The summed E-state index contributed by atoms with van der Waals surface area (Å²) in [7, 11) is 0. The molecule has 296 valence electrons. The van der Waals surface area contributed by atoms with Gasteiger partial charge in [0.2, 0.25) is 0 Å². The zero-order chi connectivity index (χ0) is 41.9. The molecule has 0 spiro atoms. The number of fused-ring (bicyclic) bond motifs is 13. The summed E-state index contributed by atoms with van der Waals surface area (Å²) in [5.74, 6) is 1.84. The molecule has 0 amide bonds. The lowest BCUT2D eigenvalue weighted by Gasteiger charge is -2.14. The van der Waals surface area contributed by atoms with Gasteiger partial charge in [-0.2, -0.15) is 0 Å². The van der Waals surface area contributed by atoms with E-state index in [-0.39, 0.29) is 0 Å². The molecule has 0 aliphatic carbocycles. The highest BCUT2D eigenvalue weighted by molar-refractivity contribution is 6.23. The summed E-state index contributed by atoms with van der Waals surface area (Å²) >= 11 is 0. The summed E-state index contributed by atoms with van der Waals surface area (Å²) in [5.41, 5.74) is 7.77. The maximum absolute atomic E-state index is 6.97. The summed E-state index contributed by atoms with van der Waals surface area (Å²) in [6, 6.07) is 73.3. The molecule has 5 heteroatoms. The maximum atomic E-state index is 6.97. The van der Waals surface area contributed by atoms with Gasteiger partial charge in [-0.05, 0) is 97.0 Å². The largest absolute Gasteiger partial charge is 0.455 e. The van der Waals surface area contributed by atoms with Crippen LogP contribution in [0.5, 0.6) is 0 Å². The van der Waals surface area contributed by atoms with E-state index in [4.69, 9.17) is 19.4 Å². The van der Waals surface area contributed by atoms with E-state index in [1.165, 1.54) is 37.7 Å². The second-order valence-corrected chi connectivity index (χ2v) is 16.7. The monoisotopic (exact) mass is 814 g/mol. The molecule has 5 nitrogen and oxygen atoms in total. The highest BCUT2D eigenvalue weighted by atomic mass is 16.3. The number of nitrogens with zero attached hydrogens (tertiary/aromatic N) is 4. The predicted molar refractivity (Wildman–Crippen MR) is 265 cm³/mol. The fraction of sp³-hybridized carbons (Fsp3) is 0. The molecule has 0 radical (unpaired) electrons. The van der Waals surface area contributed by atoms with Gasteiger partial charge in [0.15, 0.2) is 17.5 Å². The van der Waals surface area contributed by atoms with Gasteiger partial charge >= 0.3 is 0 Å². The lowest BCUT2D eigenvalue weighted by atomic mass is 9.96. The Morgan fingerprint density at radius 1 is 0.328 bits per heavy atom. The van der Waals surface area contributed by atoms with Crippen LogP contribution < -0.4 is 0 Å². The lowest BCUT2D eigenvalue weighted by Crippen LogP contribution is -2.01. The summed E-state index contributed by atoms with van der Waals surface area (Å²) in [6.45, 7) is 0. The molecule has 0 saturated carbocycles.